The Labute approximate surface area is 139 Å². The molecule has 1 unspecified atom stereocenters. The van der Waals surface area contributed by atoms with Crippen molar-refractivity contribution >= 4 is 5.96 Å². The number of benzene rings is 1. The Bertz CT molecular complexity index is 492. The average molecular weight is 320 g/mol. The van der Waals surface area contributed by atoms with Gasteiger partial charge in [-0.25, -0.2) is 4.39 Å². The van der Waals surface area contributed by atoms with E-state index in [1.807, 2.05) is 0 Å². The fourth-order valence-corrected chi connectivity index (χ4v) is 3.07. The molecule has 5 heteroatoms. The lowest BCUT2D eigenvalue weighted by Crippen LogP contribution is -2.48. The van der Waals surface area contributed by atoms with Gasteiger partial charge in [-0.15, -0.1) is 0 Å². The zero-order chi connectivity index (χ0) is 16.7. The first-order valence-corrected chi connectivity index (χ1v) is 8.53. The van der Waals surface area contributed by atoms with E-state index in [1.165, 1.54) is 38.1 Å². The molecule has 2 N–H and O–H groups in total. The molecule has 1 aromatic carbocycles. The van der Waals surface area contributed by atoms with Crippen LogP contribution in [-0.4, -0.2) is 43.6 Å². The predicted octanol–water partition coefficient (Wildman–Crippen LogP) is 2.61. The number of nitrogens with one attached hydrogen (secondary N) is 2. The molecule has 0 amide bonds. The molecule has 1 aromatic rings. The maximum atomic E-state index is 12.9. The molecule has 4 nitrogen and oxygen atoms in total. The van der Waals surface area contributed by atoms with Crippen LogP contribution in [0.25, 0.3) is 0 Å². The summed E-state index contributed by atoms with van der Waals surface area (Å²) in [6.45, 7) is 8.48. The Kier molecular flexibility index (Phi) is 6.84. The number of aliphatic imine (C=N–C) groups is 1. The molecule has 0 aliphatic carbocycles. The highest BCUT2D eigenvalue weighted by molar-refractivity contribution is 5.79. The Balaban J connectivity index is 1.82. The Morgan fingerprint density at radius 3 is 2.39 bits per heavy atom. The number of hydrogen-bond acceptors (Lipinski definition) is 2. The van der Waals surface area contributed by atoms with Crippen LogP contribution in [0.4, 0.5) is 4.39 Å². The van der Waals surface area contributed by atoms with Gasteiger partial charge >= 0.3 is 0 Å². The van der Waals surface area contributed by atoms with Gasteiger partial charge in [-0.05, 0) is 49.5 Å². The molecule has 1 aliphatic heterocycles. The van der Waals surface area contributed by atoms with E-state index in [2.05, 4.69) is 34.4 Å². The minimum absolute atomic E-state index is 0.207. The largest absolute Gasteiger partial charge is 0.355 e. The second-order valence-corrected chi connectivity index (χ2v) is 6.49. The van der Waals surface area contributed by atoms with Crippen molar-refractivity contribution in [3.63, 3.8) is 0 Å². The van der Waals surface area contributed by atoms with Gasteiger partial charge in [0.05, 0.1) is 0 Å². The fourth-order valence-electron chi connectivity index (χ4n) is 3.07. The summed E-state index contributed by atoms with van der Waals surface area (Å²) in [7, 11) is 1.78. The number of halogens is 1. The van der Waals surface area contributed by atoms with Gasteiger partial charge in [0.1, 0.15) is 5.82 Å². The third-order valence-electron chi connectivity index (χ3n) is 4.45. The van der Waals surface area contributed by atoms with Crippen LogP contribution in [0.1, 0.15) is 32.3 Å². The van der Waals surface area contributed by atoms with Crippen molar-refractivity contribution in [2.24, 2.45) is 10.9 Å². The molecule has 0 radical (unpaired) electrons. The lowest BCUT2D eigenvalue weighted by molar-refractivity contribution is 0.192. The lowest BCUT2D eigenvalue weighted by Gasteiger charge is -2.31. The van der Waals surface area contributed by atoms with E-state index in [0.29, 0.717) is 18.5 Å². The first kappa shape index (κ1) is 17.7. The molecule has 0 bridgehead atoms. The highest BCUT2D eigenvalue weighted by atomic mass is 19.1. The molecule has 1 aliphatic rings. The molecule has 2 rings (SSSR count). The van der Waals surface area contributed by atoms with Gasteiger partial charge < -0.3 is 10.6 Å². The number of hydrogen-bond donors (Lipinski definition) is 2. The van der Waals surface area contributed by atoms with Crippen molar-refractivity contribution in [1.29, 1.82) is 0 Å². The quantitative estimate of drug-likeness (QED) is 0.625. The molecule has 0 spiro atoms. The third-order valence-corrected chi connectivity index (χ3v) is 4.45. The Morgan fingerprint density at radius 2 is 1.83 bits per heavy atom. The van der Waals surface area contributed by atoms with Crippen molar-refractivity contribution in [1.82, 2.24) is 15.5 Å². The van der Waals surface area contributed by atoms with E-state index >= 15 is 0 Å². The maximum absolute atomic E-state index is 12.9. The standard InChI is InChI=1S/C18H29FN4/c1-14(2)17(23-10-4-5-11-23)13-22-18(20-3)21-12-15-6-8-16(19)9-7-15/h6-9,14,17H,4-5,10-13H2,1-3H3,(H2,20,21,22). The summed E-state index contributed by atoms with van der Waals surface area (Å²) in [5, 5.41) is 6.72. The van der Waals surface area contributed by atoms with Gasteiger partial charge in [-0.3, -0.25) is 9.89 Å². The molecule has 1 fully saturated rings. The van der Waals surface area contributed by atoms with Crippen LogP contribution in [-0.2, 0) is 6.54 Å². The van der Waals surface area contributed by atoms with E-state index < -0.39 is 0 Å². The summed E-state index contributed by atoms with van der Waals surface area (Å²) in [5.41, 5.74) is 1.04. The summed E-state index contributed by atoms with van der Waals surface area (Å²) in [6, 6.07) is 7.07. The second-order valence-electron chi connectivity index (χ2n) is 6.49. The molecule has 1 atom stereocenters. The number of nitrogens with zero attached hydrogens (tertiary/aromatic N) is 2. The summed E-state index contributed by atoms with van der Waals surface area (Å²) in [4.78, 5) is 6.85. The van der Waals surface area contributed by atoms with Crippen LogP contribution in [0.15, 0.2) is 29.3 Å². The number of rotatable bonds is 6. The van der Waals surface area contributed by atoms with E-state index in [0.717, 1.165) is 18.1 Å². The van der Waals surface area contributed by atoms with Crippen molar-refractivity contribution in [3.05, 3.63) is 35.6 Å². The Morgan fingerprint density at radius 1 is 1.17 bits per heavy atom. The second kappa shape index (κ2) is 8.87. The normalized spacial score (nSPS) is 17.5. The maximum Gasteiger partial charge on any atom is 0.191 e. The van der Waals surface area contributed by atoms with Crippen LogP contribution >= 0.6 is 0 Å². The van der Waals surface area contributed by atoms with Gasteiger partial charge in [-0.1, -0.05) is 26.0 Å². The highest BCUT2D eigenvalue weighted by Crippen LogP contribution is 2.17. The third kappa shape index (κ3) is 5.50. The zero-order valence-electron chi connectivity index (χ0n) is 14.5. The van der Waals surface area contributed by atoms with Gasteiger partial charge in [0.25, 0.3) is 0 Å². The summed E-state index contributed by atoms with van der Waals surface area (Å²) >= 11 is 0. The predicted molar refractivity (Wildman–Crippen MR) is 94.0 cm³/mol. The van der Waals surface area contributed by atoms with E-state index in [-0.39, 0.29) is 5.82 Å². The molecule has 1 saturated heterocycles. The van der Waals surface area contributed by atoms with Crippen LogP contribution in [0.3, 0.4) is 0 Å². The Hall–Kier alpha value is -1.62. The molecule has 1 heterocycles. The van der Waals surface area contributed by atoms with Crippen molar-refractivity contribution in [3.8, 4) is 0 Å². The zero-order valence-corrected chi connectivity index (χ0v) is 14.5. The van der Waals surface area contributed by atoms with Gasteiger partial charge in [0.2, 0.25) is 0 Å². The number of likely N-dealkylation sites (tertiary alicyclic amines) is 1. The smallest absolute Gasteiger partial charge is 0.191 e. The first-order valence-electron chi connectivity index (χ1n) is 8.53. The molecular weight excluding hydrogens is 291 g/mol. The van der Waals surface area contributed by atoms with Crippen molar-refractivity contribution in [2.75, 3.05) is 26.7 Å². The topological polar surface area (TPSA) is 39.7 Å². The molecule has 128 valence electrons. The molecule has 23 heavy (non-hydrogen) atoms. The lowest BCUT2D eigenvalue weighted by atomic mass is 10.0. The molecular formula is C18H29FN4. The summed E-state index contributed by atoms with van der Waals surface area (Å²) in [6.07, 6.45) is 2.61. The van der Waals surface area contributed by atoms with Gasteiger partial charge in [-0.2, -0.15) is 0 Å². The SMILES string of the molecule is CN=C(NCc1ccc(F)cc1)NCC(C(C)C)N1CCCC1. The minimum atomic E-state index is -0.207. The monoisotopic (exact) mass is 320 g/mol. The minimum Gasteiger partial charge on any atom is -0.355 e. The fraction of sp³-hybridized carbons (Fsp3) is 0.611. The van der Waals surface area contributed by atoms with Crippen LogP contribution in [0.2, 0.25) is 0 Å². The average Bonchev–Trinajstić information content (AvgIpc) is 3.06. The summed E-state index contributed by atoms with van der Waals surface area (Å²) in [5.74, 6) is 1.19. The highest BCUT2D eigenvalue weighted by Gasteiger charge is 2.24. The molecule has 0 aromatic heterocycles. The van der Waals surface area contributed by atoms with Crippen molar-refractivity contribution < 1.29 is 4.39 Å². The van der Waals surface area contributed by atoms with Gasteiger partial charge in [0.15, 0.2) is 5.96 Å². The van der Waals surface area contributed by atoms with E-state index in [9.17, 15) is 4.39 Å². The number of guanidine groups is 1. The van der Waals surface area contributed by atoms with Crippen LogP contribution in [0, 0.1) is 11.7 Å². The van der Waals surface area contributed by atoms with E-state index in [4.69, 9.17) is 0 Å². The van der Waals surface area contributed by atoms with Crippen molar-refractivity contribution in [2.45, 2.75) is 39.3 Å². The molecule has 0 saturated carbocycles. The first-order chi connectivity index (χ1) is 11.1. The van der Waals surface area contributed by atoms with E-state index in [1.54, 1.807) is 19.2 Å². The van der Waals surface area contributed by atoms with Gasteiger partial charge in [0, 0.05) is 26.2 Å². The summed E-state index contributed by atoms with van der Waals surface area (Å²) < 4.78 is 12.9. The van der Waals surface area contributed by atoms with Crippen LogP contribution < -0.4 is 10.6 Å². The van der Waals surface area contributed by atoms with Crippen LogP contribution in [0.5, 0.6) is 0 Å².